The molecule has 10 heteroatoms. The average Bonchev–Trinajstić information content (AvgIpc) is 3.01. The van der Waals surface area contributed by atoms with Crippen LogP contribution in [-0.4, -0.2) is 29.8 Å². The molecule has 0 N–H and O–H groups in total. The summed E-state index contributed by atoms with van der Waals surface area (Å²) in [7, 11) is 1.63. The molecule has 0 amide bonds. The first kappa shape index (κ1) is 20.1. The molecular weight excluding hydrogens is 391 g/mol. The summed E-state index contributed by atoms with van der Waals surface area (Å²) in [6, 6.07) is 4.63. The Morgan fingerprint density at radius 3 is 2.61 bits per heavy atom. The monoisotopic (exact) mass is 407 g/mol. The van der Waals surface area contributed by atoms with Crippen LogP contribution in [-0.2, 0) is 24.4 Å². The minimum Gasteiger partial charge on any atom is -0.611 e. The predicted octanol–water partition coefficient (Wildman–Crippen LogP) is 3.80. The second kappa shape index (κ2) is 7.41. The SMILES string of the molecule is CC[S+]([O-])c1cc(C(C)C#N)cnc1-c1nc2cc(C(F)(F)F)ncc2n1C. The first-order chi connectivity index (χ1) is 13.2. The number of fused-ring (bicyclic) bond motifs is 1. The highest BCUT2D eigenvalue weighted by Crippen LogP contribution is 2.33. The molecule has 2 unspecified atom stereocenters. The van der Waals surface area contributed by atoms with Crippen molar-refractivity contribution in [3.05, 3.63) is 35.8 Å². The lowest BCUT2D eigenvalue weighted by atomic mass is 10.1. The molecule has 0 saturated heterocycles. The zero-order chi connectivity index (χ0) is 20.6. The Kier molecular flexibility index (Phi) is 5.32. The fourth-order valence-electron chi connectivity index (χ4n) is 2.72. The first-order valence-electron chi connectivity index (χ1n) is 8.35. The van der Waals surface area contributed by atoms with Crippen LogP contribution >= 0.6 is 0 Å². The Hall–Kier alpha value is -2.64. The lowest BCUT2D eigenvalue weighted by molar-refractivity contribution is -0.141. The van der Waals surface area contributed by atoms with E-state index >= 15 is 0 Å². The minimum absolute atomic E-state index is 0.115. The molecule has 2 atom stereocenters. The minimum atomic E-state index is -4.58. The maximum absolute atomic E-state index is 12.9. The number of nitrogens with zero attached hydrogens (tertiary/aromatic N) is 5. The van der Waals surface area contributed by atoms with E-state index in [9.17, 15) is 17.7 Å². The number of aryl methyl sites for hydroxylation is 1. The standard InChI is InChI=1S/C18H16F3N5OS/c1-4-28(27)14-5-11(10(2)7-22)8-24-16(14)17-25-12-6-15(18(19,20)21)23-9-13(12)26(17)3/h5-6,8-10H,4H2,1-3H3. The van der Waals surface area contributed by atoms with Crippen LogP contribution in [0.5, 0.6) is 0 Å². The van der Waals surface area contributed by atoms with Crippen LogP contribution < -0.4 is 0 Å². The number of alkyl halides is 3. The summed E-state index contributed by atoms with van der Waals surface area (Å²) in [5.41, 5.74) is 0.397. The molecule has 3 aromatic heterocycles. The van der Waals surface area contributed by atoms with Gasteiger partial charge in [0.2, 0.25) is 0 Å². The van der Waals surface area contributed by atoms with Gasteiger partial charge in [-0.3, -0.25) is 0 Å². The van der Waals surface area contributed by atoms with Gasteiger partial charge in [-0.1, -0.05) is 0 Å². The number of nitriles is 1. The van der Waals surface area contributed by atoms with Crippen molar-refractivity contribution in [1.82, 2.24) is 19.5 Å². The van der Waals surface area contributed by atoms with E-state index in [2.05, 4.69) is 21.0 Å². The summed E-state index contributed by atoms with van der Waals surface area (Å²) in [6.07, 6.45) is -1.97. The van der Waals surface area contributed by atoms with E-state index in [4.69, 9.17) is 5.26 Å². The van der Waals surface area contributed by atoms with Gasteiger partial charge in [0.25, 0.3) is 0 Å². The summed E-state index contributed by atoms with van der Waals surface area (Å²) < 4.78 is 53.0. The molecule has 0 saturated carbocycles. The first-order valence-corrected chi connectivity index (χ1v) is 9.67. The van der Waals surface area contributed by atoms with E-state index < -0.39 is 29.0 Å². The van der Waals surface area contributed by atoms with Crippen molar-refractivity contribution in [2.24, 2.45) is 7.05 Å². The van der Waals surface area contributed by atoms with Gasteiger partial charge in [0.15, 0.2) is 16.4 Å². The Labute approximate surface area is 162 Å². The molecule has 146 valence electrons. The predicted molar refractivity (Wildman–Crippen MR) is 97.7 cm³/mol. The van der Waals surface area contributed by atoms with E-state index in [1.54, 1.807) is 31.5 Å². The van der Waals surface area contributed by atoms with Crippen LogP contribution in [0.4, 0.5) is 13.2 Å². The van der Waals surface area contributed by atoms with E-state index in [-0.39, 0.29) is 11.3 Å². The van der Waals surface area contributed by atoms with Crippen LogP contribution in [0.1, 0.15) is 31.0 Å². The third-order valence-electron chi connectivity index (χ3n) is 4.34. The van der Waals surface area contributed by atoms with Crippen molar-refractivity contribution in [3.63, 3.8) is 0 Å². The van der Waals surface area contributed by atoms with Gasteiger partial charge in [0.1, 0.15) is 11.4 Å². The number of aromatic nitrogens is 4. The zero-order valence-electron chi connectivity index (χ0n) is 15.3. The van der Waals surface area contributed by atoms with Crippen molar-refractivity contribution in [3.8, 4) is 17.6 Å². The highest BCUT2D eigenvalue weighted by Gasteiger charge is 2.33. The van der Waals surface area contributed by atoms with Gasteiger partial charge in [0.05, 0.1) is 29.2 Å². The quantitative estimate of drug-likeness (QED) is 0.614. The lowest BCUT2D eigenvalue weighted by Crippen LogP contribution is -2.10. The second-order valence-electron chi connectivity index (χ2n) is 6.15. The molecule has 28 heavy (non-hydrogen) atoms. The van der Waals surface area contributed by atoms with E-state index in [1.165, 1.54) is 6.20 Å². The van der Waals surface area contributed by atoms with Gasteiger partial charge < -0.3 is 9.12 Å². The molecule has 3 rings (SSSR count). The Bertz CT molecular complexity index is 1070. The molecule has 0 radical (unpaired) electrons. The maximum atomic E-state index is 12.9. The summed E-state index contributed by atoms with van der Waals surface area (Å²) in [6.45, 7) is 3.45. The van der Waals surface area contributed by atoms with Gasteiger partial charge in [0, 0.05) is 19.3 Å². The third-order valence-corrected chi connectivity index (χ3v) is 5.67. The van der Waals surface area contributed by atoms with Crippen molar-refractivity contribution < 1.29 is 17.7 Å². The topological polar surface area (TPSA) is 90.4 Å². The van der Waals surface area contributed by atoms with E-state index in [1.807, 2.05) is 0 Å². The number of hydrogen-bond donors (Lipinski definition) is 0. The molecule has 6 nitrogen and oxygen atoms in total. The third kappa shape index (κ3) is 3.55. The highest BCUT2D eigenvalue weighted by molar-refractivity contribution is 7.91. The van der Waals surface area contributed by atoms with E-state index in [0.717, 1.165) is 12.3 Å². The number of pyridine rings is 2. The van der Waals surface area contributed by atoms with Crippen LogP contribution in [0.25, 0.3) is 22.6 Å². The van der Waals surface area contributed by atoms with Crippen LogP contribution in [0, 0.1) is 11.3 Å². The van der Waals surface area contributed by atoms with Gasteiger partial charge in [-0.25, -0.2) is 15.0 Å². The number of halogens is 3. The Balaban J connectivity index is 2.21. The highest BCUT2D eigenvalue weighted by atomic mass is 32.2. The normalized spacial score (nSPS) is 14.1. The fourth-order valence-corrected chi connectivity index (χ4v) is 3.66. The van der Waals surface area contributed by atoms with Crippen LogP contribution in [0.2, 0.25) is 0 Å². The maximum Gasteiger partial charge on any atom is 0.433 e. The fraction of sp³-hybridized carbons (Fsp3) is 0.333. The lowest BCUT2D eigenvalue weighted by Gasteiger charge is -2.14. The van der Waals surface area contributed by atoms with Crippen molar-refractivity contribution in [1.29, 1.82) is 5.26 Å². The molecule has 0 aliphatic carbocycles. The van der Waals surface area contributed by atoms with Gasteiger partial charge in [-0.15, -0.1) is 0 Å². The molecule has 3 heterocycles. The van der Waals surface area contributed by atoms with Crippen LogP contribution in [0.15, 0.2) is 29.4 Å². The smallest absolute Gasteiger partial charge is 0.433 e. The largest absolute Gasteiger partial charge is 0.611 e. The number of imidazole rings is 1. The summed E-state index contributed by atoms with van der Waals surface area (Å²) in [5, 5.41) is 9.12. The summed E-state index contributed by atoms with van der Waals surface area (Å²) in [4.78, 5) is 12.5. The summed E-state index contributed by atoms with van der Waals surface area (Å²) >= 11 is -1.40. The molecule has 3 aromatic rings. The molecule has 0 fully saturated rings. The van der Waals surface area contributed by atoms with E-state index in [0.29, 0.717) is 27.4 Å². The molecule has 0 aliphatic rings. The summed E-state index contributed by atoms with van der Waals surface area (Å²) in [5.74, 6) is 0.167. The Morgan fingerprint density at radius 2 is 2.00 bits per heavy atom. The number of rotatable bonds is 4. The zero-order valence-corrected chi connectivity index (χ0v) is 16.1. The van der Waals surface area contributed by atoms with Crippen molar-refractivity contribution >= 4 is 22.2 Å². The number of hydrogen-bond acceptors (Lipinski definition) is 5. The molecule has 0 aromatic carbocycles. The average molecular weight is 407 g/mol. The second-order valence-corrected chi connectivity index (χ2v) is 7.86. The van der Waals surface area contributed by atoms with Gasteiger partial charge in [-0.2, -0.15) is 18.4 Å². The molecule has 0 bridgehead atoms. The van der Waals surface area contributed by atoms with Gasteiger partial charge >= 0.3 is 6.18 Å². The van der Waals surface area contributed by atoms with Crippen molar-refractivity contribution in [2.45, 2.75) is 30.8 Å². The Morgan fingerprint density at radius 1 is 1.29 bits per heavy atom. The van der Waals surface area contributed by atoms with Gasteiger partial charge in [-0.05, 0) is 36.7 Å². The van der Waals surface area contributed by atoms with Crippen molar-refractivity contribution in [2.75, 3.05) is 5.75 Å². The molecular formula is C18H16F3N5OS. The van der Waals surface area contributed by atoms with Crippen LogP contribution in [0.3, 0.4) is 0 Å². The molecule has 0 spiro atoms. The molecule has 0 aliphatic heterocycles.